The molecule has 0 amide bonds. The van der Waals surface area contributed by atoms with E-state index in [9.17, 15) is 8.42 Å². The fraction of sp³-hybridized carbons (Fsp3) is 1.00. The average Bonchev–Trinajstić information content (AvgIpc) is 2.38. The Morgan fingerprint density at radius 2 is 2.19 bits per heavy atom. The maximum Gasteiger partial charge on any atom is 0.152 e. The van der Waals surface area contributed by atoms with E-state index in [1.165, 1.54) is 0 Å². The molecule has 0 saturated carbocycles. The molecule has 2 saturated heterocycles. The molecule has 0 spiro atoms. The third kappa shape index (κ3) is 2.57. The molecule has 0 bridgehead atoms. The highest BCUT2D eigenvalue weighted by molar-refractivity contribution is 7.91. The van der Waals surface area contributed by atoms with Gasteiger partial charge in [0.15, 0.2) is 9.84 Å². The molecule has 0 aromatic heterocycles. The summed E-state index contributed by atoms with van der Waals surface area (Å²) in [6.07, 6.45) is 1.90. The van der Waals surface area contributed by atoms with E-state index in [-0.39, 0.29) is 5.54 Å². The van der Waals surface area contributed by atoms with Gasteiger partial charge in [0.1, 0.15) is 0 Å². The Bertz CT molecular complexity index is 355. The molecule has 5 heteroatoms. The summed E-state index contributed by atoms with van der Waals surface area (Å²) in [5.41, 5.74) is -0.126. The van der Waals surface area contributed by atoms with E-state index in [1.54, 1.807) is 0 Å². The summed E-state index contributed by atoms with van der Waals surface area (Å²) in [6, 6.07) is 0.461. The summed E-state index contributed by atoms with van der Waals surface area (Å²) in [4.78, 5) is 2.38. The second-order valence-electron chi connectivity index (χ2n) is 5.49. The van der Waals surface area contributed by atoms with Crippen molar-refractivity contribution in [2.75, 3.05) is 31.1 Å². The molecule has 2 aliphatic rings. The maximum absolute atomic E-state index is 11.6. The maximum atomic E-state index is 11.6. The van der Waals surface area contributed by atoms with Gasteiger partial charge in [0.05, 0.1) is 11.5 Å². The first-order valence-corrected chi connectivity index (χ1v) is 7.92. The molecule has 2 heterocycles. The van der Waals surface area contributed by atoms with Gasteiger partial charge >= 0.3 is 0 Å². The van der Waals surface area contributed by atoms with Crippen molar-refractivity contribution in [2.45, 2.75) is 38.3 Å². The first kappa shape index (κ1) is 12.3. The topological polar surface area (TPSA) is 49.4 Å². The van der Waals surface area contributed by atoms with Gasteiger partial charge in [-0.25, -0.2) is 8.42 Å². The number of sulfone groups is 1. The molecule has 0 aliphatic carbocycles. The Labute approximate surface area is 98.3 Å². The number of hydrogen-bond acceptors (Lipinski definition) is 4. The van der Waals surface area contributed by atoms with Crippen molar-refractivity contribution >= 4 is 9.84 Å². The van der Waals surface area contributed by atoms with Crippen LogP contribution in [0.5, 0.6) is 0 Å². The highest BCUT2D eigenvalue weighted by Crippen LogP contribution is 2.30. The molecule has 0 aromatic carbocycles. The number of hydrogen-bond donors (Lipinski definition) is 1. The normalized spacial score (nSPS) is 40.8. The number of nitrogens with zero attached hydrogens (tertiary/aromatic N) is 1. The van der Waals surface area contributed by atoms with Crippen molar-refractivity contribution in [1.82, 2.24) is 10.2 Å². The van der Waals surface area contributed by atoms with Crippen LogP contribution in [0.25, 0.3) is 0 Å². The van der Waals surface area contributed by atoms with E-state index in [4.69, 9.17) is 0 Å². The van der Waals surface area contributed by atoms with Crippen molar-refractivity contribution < 1.29 is 8.42 Å². The zero-order chi connectivity index (χ0) is 11.8. The van der Waals surface area contributed by atoms with Gasteiger partial charge in [-0.15, -0.1) is 0 Å². The van der Waals surface area contributed by atoms with Crippen LogP contribution in [0.3, 0.4) is 0 Å². The molecule has 4 nitrogen and oxygen atoms in total. The van der Waals surface area contributed by atoms with Gasteiger partial charge in [-0.05, 0) is 39.8 Å². The minimum Gasteiger partial charge on any atom is -0.313 e. The molecule has 2 unspecified atom stereocenters. The molecule has 16 heavy (non-hydrogen) atoms. The van der Waals surface area contributed by atoms with Crippen molar-refractivity contribution in [2.24, 2.45) is 0 Å². The van der Waals surface area contributed by atoms with E-state index in [2.05, 4.69) is 24.1 Å². The molecular weight excluding hydrogens is 224 g/mol. The minimum atomic E-state index is -2.79. The third-order valence-corrected chi connectivity index (χ3v) is 5.73. The van der Waals surface area contributed by atoms with Crippen LogP contribution < -0.4 is 5.32 Å². The summed E-state index contributed by atoms with van der Waals surface area (Å²) < 4.78 is 23.2. The zero-order valence-electron chi connectivity index (χ0n) is 10.2. The summed E-state index contributed by atoms with van der Waals surface area (Å²) in [7, 11) is -2.79. The highest BCUT2D eigenvalue weighted by Gasteiger charge is 2.43. The van der Waals surface area contributed by atoms with E-state index in [1.807, 2.05) is 0 Å². The van der Waals surface area contributed by atoms with Crippen molar-refractivity contribution in [3.8, 4) is 0 Å². The highest BCUT2D eigenvalue weighted by atomic mass is 32.2. The van der Waals surface area contributed by atoms with Crippen LogP contribution in [0, 0.1) is 0 Å². The Balaban J connectivity index is 2.11. The molecule has 2 aliphatic heterocycles. The molecule has 0 aromatic rings. The lowest BCUT2D eigenvalue weighted by Crippen LogP contribution is -2.50. The van der Waals surface area contributed by atoms with Crippen LogP contribution in [-0.4, -0.2) is 56.0 Å². The molecule has 0 radical (unpaired) electrons. The van der Waals surface area contributed by atoms with Gasteiger partial charge in [0, 0.05) is 18.1 Å². The SMILES string of the molecule is CC1CN(C2(C)CCS(=O)(=O)C2)CCCN1. The fourth-order valence-electron chi connectivity index (χ4n) is 2.84. The predicted octanol–water partition coefficient (Wildman–Crippen LogP) is 0.247. The minimum absolute atomic E-state index is 0.126. The van der Waals surface area contributed by atoms with E-state index < -0.39 is 9.84 Å². The van der Waals surface area contributed by atoms with Gasteiger partial charge in [-0.3, -0.25) is 4.90 Å². The Morgan fingerprint density at radius 3 is 2.81 bits per heavy atom. The Kier molecular flexibility index (Phi) is 3.29. The Hall–Kier alpha value is -0.130. The second kappa shape index (κ2) is 4.27. The fourth-order valence-corrected chi connectivity index (χ4v) is 5.01. The first-order chi connectivity index (χ1) is 7.41. The lowest BCUT2D eigenvalue weighted by Gasteiger charge is -2.37. The van der Waals surface area contributed by atoms with Gasteiger partial charge in [0.25, 0.3) is 0 Å². The summed E-state index contributed by atoms with van der Waals surface area (Å²) in [5, 5.41) is 3.44. The molecule has 2 atom stereocenters. The average molecular weight is 246 g/mol. The third-order valence-electron chi connectivity index (χ3n) is 3.84. The molecule has 2 fully saturated rings. The van der Waals surface area contributed by atoms with Gasteiger partial charge in [-0.1, -0.05) is 0 Å². The van der Waals surface area contributed by atoms with Crippen molar-refractivity contribution in [1.29, 1.82) is 0 Å². The molecule has 94 valence electrons. The van der Waals surface area contributed by atoms with Crippen molar-refractivity contribution in [3.63, 3.8) is 0 Å². The van der Waals surface area contributed by atoms with Crippen LogP contribution in [0.1, 0.15) is 26.7 Å². The molecular formula is C11H22N2O2S. The summed E-state index contributed by atoms with van der Waals surface area (Å²) >= 11 is 0. The number of nitrogens with one attached hydrogen (secondary N) is 1. The smallest absolute Gasteiger partial charge is 0.152 e. The van der Waals surface area contributed by atoms with Gasteiger partial charge < -0.3 is 5.32 Å². The van der Waals surface area contributed by atoms with Gasteiger partial charge in [0.2, 0.25) is 0 Å². The monoisotopic (exact) mass is 246 g/mol. The predicted molar refractivity (Wildman–Crippen MR) is 65.3 cm³/mol. The van der Waals surface area contributed by atoms with E-state index in [0.717, 1.165) is 32.5 Å². The molecule has 2 rings (SSSR count). The molecule has 1 N–H and O–H groups in total. The number of rotatable bonds is 1. The van der Waals surface area contributed by atoms with Crippen LogP contribution >= 0.6 is 0 Å². The summed E-state index contributed by atoms with van der Waals surface area (Å²) in [6.45, 7) is 7.30. The second-order valence-corrected chi connectivity index (χ2v) is 7.68. The first-order valence-electron chi connectivity index (χ1n) is 6.10. The Morgan fingerprint density at radius 1 is 1.44 bits per heavy atom. The van der Waals surface area contributed by atoms with E-state index >= 15 is 0 Å². The van der Waals surface area contributed by atoms with Crippen LogP contribution in [-0.2, 0) is 9.84 Å². The van der Waals surface area contributed by atoms with Gasteiger partial charge in [-0.2, -0.15) is 0 Å². The lowest BCUT2D eigenvalue weighted by molar-refractivity contribution is 0.125. The van der Waals surface area contributed by atoms with Crippen LogP contribution in [0.15, 0.2) is 0 Å². The largest absolute Gasteiger partial charge is 0.313 e. The summed E-state index contributed by atoms with van der Waals surface area (Å²) in [5.74, 6) is 0.703. The zero-order valence-corrected chi connectivity index (χ0v) is 11.0. The van der Waals surface area contributed by atoms with Crippen LogP contribution in [0.4, 0.5) is 0 Å². The standard InChI is InChI=1S/C11H22N2O2S/c1-10-8-13(6-3-5-12-10)11(2)4-7-16(14,15)9-11/h10,12H,3-9H2,1-2H3. The van der Waals surface area contributed by atoms with E-state index in [0.29, 0.717) is 17.5 Å². The van der Waals surface area contributed by atoms with Crippen LogP contribution in [0.2, 0.25) is 0 Å². The quantitative estimate of drug-likeness (QED) is 0.720. The lowest BCUT2D eigenvalue weighted by atomic mass is 9.98. The van der Waals surface area contributed by atoms with Crippen molar-refractivity contribution in [3.05, 3.63) is 0 Å².